The maximum atomic E-state index is 12.1. The molecule has 0 aromatic carbocycles. The van der Waals surface area contributed by atoms with Gasteiger partial charge in [0.25, 0.3) is 0 Å². The SMILES string of the molecule is CC(C)CC(CNS(=O)(=O)c1ccc(OCC(F)(F)F)nc1)C(=O)O. The third kappa shape index (κ3) is 7.69. The highest BCUT2D eigenvalue weighted by atomic mass is 32.2. The Bertz CT molecular complexity index is 675. The number of hydrogen-bond acceptors (Lipinski definition) is 5. The second-order valence-corrected chi connectivity index (χ2v) is 7.52. The molecule has 0 bridgehead atoms. The fourth-order valence-corrected chi connectivity index (χ4v) is 2.93. The van der Waals surface area contributed by atoms with Crippen molar-refractivity contribution in [2.45, 2.75) is 31.3 Å². The first-order valence-corrected chi connectivity index (χ1v) is 8.77. The van der Waals surface area contributed by atoms with Crippen LogP contribution in [0.3, 0.4) is 0 Å². The second-order valence-electron chi connectivity index (χ2n) is 5.75. The molecular weight excluding hydrogens is 365 g/mol. The van der Waals surface area contributed by atoms with Crippen LogP contribution in [0.15, 0.2) is 23.2 Å². The van der Waals surface area contributed by atoms with Gasteiger partial charge in [0.05, 0.1) is 12.1 Å². The normalized spacial score (nSPS) is 13.7. The van der Waals surface area contributed by atoms with Crippen molar-refractivity contribution in [3.63, 3.8) is 0 Å². The van der Waals surface area contributed by atoms with Gasteiger partial charge in [-0.25, -0.2) is 18.1 Å². The van der Waals surface area contributed by atoms with Gasteiger partial charge < -0.3 is 9.84 Å². The van der Waals surface area contributed by atoms with Crippen LogP contribution in [-0.2, 0) is 14.8 Å². The Kier molecular flexibility index (Phi) is 7.17. The topological polar surface area (TPSA) is 106 Å². The zero-order chi connectivity index (χ0) is 19.3. The molecule has 25 heavy (non-hydrogen) atoms. The minimum Gasteiger partial charge on any atom is -0.481 e. The van der Waals surface area contributed by atoms with Gasteiger partial charge in [-0.1, -0.05) is 13.8 Å². The summed E-state index contributed by atoms with van der Waals surface area (Å²) < 4.78 is 66.9. The van der Waals surface area contributed by atoms with E-state index in [4.69, 9.17) is 5.11 Å². The minimum absolute atomic E-state index is 0.0670. The molecule has 0 saturated heterocycles. The van der Waals surface area contributed by atoms with Crippen LogP contribution in [0.1, 0.15) is 20.3 Å². The summed E-state index contributed by atoms with van der Waals surface area (Å²) in [5, 5.41) is 9.10. The monoisotopic (exact) mass is 384 g/mol. The highest BCUT2D eigenvalue weighted by molar-refractivity contribution is 7.89. The summed E-state index contributed by atoms with van der Waals surface area (Å²) in [5.41, 5.74) is 0. The smallest absolute Gasteiger partial charge is 0.422 e. The average Bonchev–Trinajstić information content (AvgIpc) is 2.48. The van der Waals surface area contributed by atoms with Crippen molar-refractivity contribution in [2.75, 3.05) is 13.2 Å². The molecule has 142 valence electrons. The van der Waals surface area contributed by atoms with Crippen LogP contribution >= 0.6 is 0 Å². The molecule has 1 heterocycles. The lowest BCUT2D eigenvalue weighted by Gasteiger charge is -2.15. The number of halogens is 3. The zero-order valence-corrected chi connectivity index (χ0v) is 14.4. The fraction of sp³-hybridized carbons (Fsp3) is 0.571. The largest absolute Gasteiger partial charge is 0.481 e. The summed E-state index contributed by atoms with van der Waals surface area (Å²) in [6, 6.07) is 2.02. The molecule has 0 spiro atoms. The summed E-state index contributed by atoms with van der Waals surface area (Å²) >= 11 is 0. The molecule has 1 aromatic rings. The highest BCUT2D eigenvalue weighted by Gasteiger charge is 2.29. The van der Waals surface area contributed by atoms with Gasteiger partial charge in [0.2, 0.25) is 15.9 Å². The summed E-state index contributed by atoms with van der Waals surface area (Å²) in [4.78, 5) is 14.3. The Morgan fingerprint density at radius 1 is 1.36 bits per heavy atom. The number of aliphatic carboxylic acids is 1. The lowest BCUT2D eigenvalue weighted by Crippen LogP contribution is -2.33. The molecule has 0 aliphatic carbocycles. The number of pyridine rings is 1. The first-order chi connectivity index (χ1) is 11.4. The van der Waals surface area contributed by atoms with E-state index >= 15 is 0 Å². The van der Waals surface area contributed by atoms with E-state index in [1.807, 2.05) is 13.8 Å². The van der Waals surface area contributed by atoms with E-state index in [1.54, 1.807) is 0 Å². The number of nitrogens with zero attached hydrogens (tertiary/aromatic N) is 1. The van der Waals surface area contributed by atoms with Crippen LogP contribution in [0.5, 0.6) is 5.88 Å². The molecule has 1 unspecified atom stereocenters. The number of ether oxygens (including phenoxy) is 1. The van der Waals surface area contributed by atoms with Crippen molar-refractivity contribution < 1.29 is 36.2 Å². The maximum Gasteiger partial charge on any atom is 0.422 e. The van der Waals surface area contributed by atoms with Gasteiger partial charge in [-0.2, -0.15) is 13.2 Å². The van der Waals surface area contributed by atoms with E-state index < -0.39 is 34.7 Å². The predicted octanol–water partition coefficient (Wildman–Crippen LogP) is 2.05. The average molecular weight is 384 g/mol. The summed E-state index contributed by atoms with van der Waals surface area (Å²) in [6.45, 7) is 1.78. The van der Waals surface area contributed by atoms with Crippen LogP contribution in [0.4, 0.5) is 13.2 Å². The van der Waals surface area contributed by atoms with Crippen LogP contribution in [0, 0.1) is 11.8 Å². The Morgan fingerprint density at radius 3 is 2.44 bits per heavy atom. The van der Waals surface area contributed by atoms with Crippen molar-refractivity contribution in [3.05, 3.63) is 18.3 Å². The third-order valence-electron chi connectivity index (χ3n) is 3.03. The van der Waals surface area contributed by atoms with Crippen LogP contribution in [-0.4, -0.2) is 43.8 Å². The van der Waals surface area contributed by atoms with Gasteiger partial charge in [-0.05, 0) is 18.4 Å². The van der Waals surface area contributed by atoms with E-state index in [9.17, 15) is 26.4 Å². The molecule has 0 aliphatic heterocycles. The number of hydrogen-bond donors (Lipinski definition) is 2. The van der Waals surface area contributed by atoms with E-state index in [0.717, 1.165) is 18.3 Å². The molecule has 1 rings (SSSR count). The Morgan fingerprint density at radius 2 is 2.00 bits per heavy atom. The standard InChI is InChI=1S/C14H19F3N2O5S/c1-9(2)5-10(13(20)21)6-19-25(22,23)11-3-4-12(18-7-11)24-8-14(15,16)17/h3-4,7,9-10,19H,5-6,8H2,1-2H3,(H,20,21). The second kappa shape index (κ2) is 8.48. The molecule has 0 aliphatic rings. The molecule has 7 nitrogen and oxygen atoms in total. The number of rotatable bonds is 9. The first kappa shape index (κ1) is 21.2. The Labute approximate surface area is 143 Å². The molecule has 1 aromatic heterocycles. The number of alkyl halides is 3. The molecule has 0 radical (unpaired) electrons. The zero-order valence-electron chi connectivity index (χ0n) is 13.6. The Balaban J connectivity index is 2.73. The molecular formula is C14H19F3N2O5S. The van der Waals surface area contributed by atoms with Crippen molar-refractivity contribution >= 4 is 16.0 Å². The van der Waals surface area contributed by atoms with Gasteiger partial charge in [0, 0.05) is 12.6 Å². The van der Waals surface area contributed by atoms with Crippen molar-refractivity contribution in [2.24, 2.45) is 11.8 Å². The van der Waals surface area contributed by atoms with E-state index in [0.29, 0.717) is 6.42 Å². The van der Waals surface area contributed by atoms with Gasteiger partial charge in [0.15, 0.2) is 6.61 Å². The fourth-order valence-electron chi connectivity index (χ4n) is 1.90. The maximum absolute atomic E-state index is 12.1. The molecule has 0 saturated carbocycles. The number of aromatic nitrogens is 1. The number of sulfonamides is 1. The van der Waals surface area contributed by atoms with Gasteiger partial charge in [0.1, 0.15) is 4.90 Å². The minimum atomic E-state index is -4.53. The number of carboxylic acid groups (broad SMARTS) is 1. The van der Waals surface area contributed by atoms with Crippen molar-refractivity contribution in [1.29, 1.82) is 0 Å². The van der Waals surface area contributed by atoms with Crippen molar-refractivity contribution in [1.82, 2.24) is 9.71 Å². The number of carboxylic acids is 1. The van der Waals surface area contributed by atoms with Crippen LogP contribution < -0.4 is 9.46 Å². The highest BCUT2D eigenvalue weighted by Crippen LogP contribution is 2.18. The quantitative estimate of drug-likeness (QED) is 0.675. The molecule has 0 amide bonds. The summed E-state index contributed by atoms with van der Waals surface area (Å²) in [6.07, 6.45) is -3.40. The third-order valence-corrected chi connectivity index (χ3v) is 4.44. The van der Waals surface area contributed by atoms with Gasteiger partial charge >= 0.3 is 12.1 Å². The number of carbonyl (C=O) groups is 1. The Hall–Kier alpha value is -1.88. The predicted molar refractivity (Wildman–Crippen MR) is 81.6 cm³/mol. The number of nitrogens with one attached hydrogen (secondary N) is 1. The van der Waals surface area contributed by atoms with E-state index in [1.165, 1.54) is 0 Å². The lowest BCUT2D eigenvalue weighted by atomic mass is 9.98. The summed E-state index contributed by atoms with van der Waals surface area (Å²) in [7, 11) is -4.04. The van der Waals surface area contributed by atoms with Gasteiger partial charge in [-0.3, -0.25) is 4.79 Å². The van der Waals surface area contributed by atoms with E-state index in [2.05, 4.69) is 14.4 Å². The lowest BCUT2D eigenvalue weighted by molar-refractivity contribution is -0.154. The van der Waals surface area contributed by atoms with Crippen LogP contribution in [0.25, 0.3) is 0 Å². The van der Waals surface area contributed by atoms with E-state index in [-0.39, 0.29) is 23.2 Å². The van der Waals surface area contributed by atoms with Crippen LogP contribution in [0.2, 0.25) is 0 Å². The molecule has 0 fully saturated rings. The molecule has 2 N–H and O–H groups in total. The molecule has 11 heteroatoms. The van der Waals surface area contributed by atoms with Crippen molar-refractivity contribution in [3.8, 4) is 5.88 Å². The van der Waals surface area contributed by atoms with Gasteiger partial charge in [-0.15, -0.1) is 0 Å². The molecule has 1 atom stereocenters. The first-order valence-electron chi connectivity index (χ1n) is 7.29. The summed E-state index contributed by atoms with van der Waals surface area (Å²) in [5.74, 6) is -2.32.